The first-order chi connectivity index (χ1) is 12.3. The highest BCUT2D eigenvalue weighted by atomic mass is 32.2. The lowest BCUT2D eigenvalue weighted by atomic mass is 10.2. The highest BCUT2D eigenvalue weighted by Gasteiger charge is 2.21. The van der Waals surface area contributed by atoms with Crippen molar-refractivity contribution in [3.63, 3.8) is 0 Å². The summed E-state index contributed by atoms with van der Waals surface area (Å²) in [7, 11) is -3.59. The van der Waals surface area contributed by atoms with E-state index in [2.05, 4.69) is 5.32 Å². The van der Waals surface area contributed by atoms with Gasteiger partial charge in [-0.1, -0.05) is 19.9 Å². The topological polar surface area (TPSA) is 110 Å². The van der Waals surface area contributed by atoms with E-state index in [9.17, 15) is 23.3 Å². The molecular formula is C17H19N3O5S. The van der Waals surface area contributed by atoms with Crippen LogP contribution in [0.4, 0.5) is 11.4 Å². The van der Waals surface area contributed by atoms with Crippen LogP contribution in [0.15, 0.2) is 53.4 Å². The van der Waals surface area contributed by atoms with Crippen molar-refractivity contribution < 1.29 is 18.1 Å². The van der Waals surface area contributed by atoms with E-state index in [1.54, 1.807) is 13.8 Å². The molecule has 0 saturated carbocycles. The number of rotatable bonds is 7. The number of anilines is 1. The Balaban J connectivity index is 2.19. The molecule has 9 heteroatoms. The standard InChI is InChI=1S/C17H19N3O5S/c1-3-19(4-2)26(24,25)16-10-8-13(9-11-16)17(21)18-14-6-5-7-15(12-14)20(22)23/h5-12H,3-4H2,1-2H3,(H,18,21). The highest BCUT2D eigenvalue weighted by Crippen LogP contribution is 2.19. The fraction of sp³-hybridized carbons (Fsp3) is 0.235. The summed E-state index contributed by atoms with van der Waals surface area (Å²) in [5.41, 5.74) is 0.391. The molecule has 1 amide bonds. The maximum atomic E-state index is 12.4. The zero-order chi connectivity index (χ0) is 19.3. The number of amides is 1. The van der Waals surface area contributed by atoms with Gasteiger partial charge < -0.3 is 5.32 Å². The summed E-state index contributed by atoms with van der Waals surface area (Å²) < 4.78 is 26.2. The van der Waals surface area contributed by atoms with Crippen LogP contribution >= 0.6 is 0 Å². The second kappa shape index (κ2) is 8.07. The second-order valence-electron chi connectivity index (χ2n) is 5.38. The number of carbonyl (C=O) groups excluding carboxylic acids is 1. The number of carbonyl (C=O) groups is 1. The Bertz CT molecular complexity index is 906. The molecule has 1 N–H and O–H groups in total. The molecule has 2 rings (SSSR count). The van der Waals surface area contributed by atoms with Gasteiger partial charge in [0.2, 0.25) is 10.0 Å². The quantitative estimate of drug-likeness (QED) is 0.589. The molecule has 0 aliphatic heterocycles. The monoisotopic (exact) mass is 377 g/mol. The third-order valence-corrected chi connectivity index (χ3v) is 5.84. The molecule has 138 valence electrons. The van der Waals surface area contributed by atoms with Crippen LogP contribution in [-0.2, 0) is 10.0 Å². The lowest BCUT2D eigenvalue weighted by molar-refractivity contribution is -0.384. The van der Waals surface area contributed by atoms with E-state index in [0.29, 0.717) is 13.1 Å². The minimum Gasteiger partial charge on any atom is -0.322 e. The Morgan fingerprint density at radius 1 is 1.12 bits per heavy atom. The molecule has 0 atom stereocenters. The number of nitro groups is 1. The molecular weight excluding hydrogens is 358 g/mol. The van der Waals surface area contributed by atoms with E-state index in [0.717, 1.165) is 0 Å². The van der Waals surface area contributed by atoms with Crippen LogP contribution in [0, 0.1) is 10.1 Å². The minimum absolute atomic E-state index is 0.105. The van der Waals surface area contributed by atoms with Crippen molar-refractivity contribution in [3.05, 3.63) is 64.2 Å². The summed E-state index contributed by atoms with van der Waals surface area (Å²) in [6.45, 7) is 4.21. The van der Waals surface area contributed by atoms with Crippen molar-refractivity contribution in [3.8, 4) is 0 Å². The number of hydrogen-bond acceptors (Lipinski definition) is 5. The van der Waals surface area contributed by atoms with Crippen LogP contribution in [0.25, 0.3) is 0 Å². The van der Waals surface area contributed by atoms with Gasteiger partial charge in [-0.05, 0) is 30.3 Å². The van der Waals surface area contributed by atoms with Gasteiger partial charge in [-0.3, -0.25) is 14.9 Å². The van der Waals surface area contributed by atoms with E-state index < -0.39 is 20.9 Å². The molecule has 0 aliphatic rings. The van der Waals surface area contributed by atoms with Gasteiger partial charge in [-0.25, -0.2) is 8.42 Å². The van der Waals surface area contributed by atoms with Crippen molar-refractivity contribution in [1.82, 2.24) is 4.31 Å². The molecule has 2 aromatic carbocycles. The largest absolute Gasteiger partial charge is 0.322 e. The van der Waals surface area contributed by atoms with Gasteiger partial charge in [0.15, 0.2) is 0 Å². The maximum absolute atomic E-state index is 12.4. The summed E-state index contributed by atoms with van der Waals surface area (Å²) in [5, 5.41) is 13.3. The minimum atomic E-state index is -3.59. The molecule has 0 saturated heterocycles. The molecule has 0 bridgehead atoms. The highest BCUT2D eigenvalue weighted by molar-refractivity contribution is 7.89. The van der Waals surface area contributed by atoms with Gasteiger partial charge >= 0.3 is 0 Å². The molecule has 0 unspecified atom stereocenters. The molecule has 0 spiro atoms. The van der Waals surface area contributed by atoms with Gasteiger partial charge in [0.05, 0.1) is 9.82 Å². The Labute approximate surface area is 151 Å². The van der Waals surface area contributed by atoms with Crippen molar-refractivity contribution >= 4 is 27.3 Å². The summed E-state index contributed by atoms with van der Waals surface area (Å²) >= 11 is 0. The molecule has 0 fully saturated rings. The van der Waals surface area contributed by atoms with Gasteiger partial charge in [0.1, 0.15) is 0 Å². The summed E-state index contributed by atoms with van der Waals surface area (Å²) in [6, 6.07) is 11.1. The number of hydrogen-bond donors (Lipinski definition) is 1. The Morgan fingerprint density at radius 2 is 1.73 bits per heavy atom. The number of sulfonamides is 1. The van der Waals surface area contributed by atoms with E-state index in [1.165, 1.54) is 52.8 Å². The number of nitro benzene ring substituents is 1. The van der Waals surface area contributed by atoms with E-state index in [-0.39, 0.29) is 21.8 Å². The second-order valence-corrected chi connectivity index (χ2v) is 7.31. The van der Waals surface area contributed by atoms with Crippen molar-refractivity contribution in [2.75, 3.05) is 18.4 Å². The Hall–Kier alpha value is -2.78. The lowest BCUT2D eigenvalue weighted by Crippen LogP contribution is -2.30. The predicted octanol–water partition coefficient (Wildman–Crippen LogP) is 2.88. The van der Waals surface area contributed by atoms with Crippen molar-refractivity contribution in [1.29, 1.82) is 0 Å². The normalized spacial score (nSPS) is 11.3. The van der Waals surface area contributed by atoms with Gasteiger partial charge in [-0.2, -0.15) is 4.31 Å². The number of nitrogens with one attached hydrogen (secondary N) is 1. The van der Waals surface area contributed by atoms with Crippen LogP contribution < -0.4 is 5.32 Å². The van der Waals surface area contributed by atoms with Crippen LogP contribution in [-0.4, -0.2) is 36.6 Å². The zero-order valence-corrected chi connectivity index (χ0v) is 15.2. The average molecular weight is 377 g/mol. The maximum Gasteiger partial charge on any atom is 0.271 e. The summed E-state index contributed by atoms with van der Waals surface area (Å²) in [5.74, 6) is -0.489. The third kappa shape index (κ3) is 4.24. The smallest absolute Gasteiger partial charge is 0.271 e. The summed E-state index contributed by atoms with van der Waals surface area (Å²) in [6.07, 6.45) is 0. The van der Waals surface area contributed by atoms with Gasteiger partial charge in [0, 0.05) is 36.5 Å². The molecule has 0 radical (unpaired) electrons. The van der Waals surface area contributed by atoms with E-state index >= 15 is 0 Å². The van der Waals surface area contributed by atoms with Gasteiger partial charge in [0.25, 0.3) is 11.6 Å². The molecule has 8 nitrogen and oxygen atoms in total. The zero-order valence-electron chi connectivity index (χ0n) is 14.4. The first-order valence-corrected chi connectivity index (χ1v) is 9.39. The van der Waals surface area contributed by atoms with Crippen LogP contribution in [0.5, 0.6) is 0 Å². The van der Waals surface area contributed by atoms with Crippen LogP contribution in [0.2, 0.25) is 0 Å². The SMILES string of the molecule is CCN(CC)S(=O)(=O)c1ccc(C(=O)Nc2cccc([N+](=O)[O-])c2)cc1. The number of non-ortho nitro benzene ring substituents is 1. The van der Waals surface area contributed by atoms with Crippen LogP contribution in [0.3, 0.4) is 0 Å². The average Bonchev–Trinajstić information content (AvgIpc) is 2.62. The van der Waals surface area contributed by atoms with E-state index in [4.69, 9.17) is 0 Å². The Morgan fingerprint density at radius 3 is 2.27 bits per heavy atom. The summed E-state index contributed by atoms with van der Waals surface area (Å²) in [4.78, 5) is 22.6. The molecule has 0 aliphatic carbocycles. The fourth-order valence-corrected chi connectivity index (χ4v) is 3.85. The predicted molar refractivity (Wildman–Crippen MR) is 97.6 cm³/mol. The van der Waals surface area contributed by atoms with Crippen LogP contribution in [0.1, 0.15) is 24.2 Å². The van der Waals surface area contributed by atoms with Crippen molar-refractivity contribution in [2.24, 2.45) is 0 Å². The third-order valence-electron chi connectivity index (χ3n) is 3.77. The first kappa shape index (κ1) is 19.5. The number of benzene rings is 2. The fourth-order valence-electron chi connectivity index (χ4n) is 2.39. The lowest BCUT2D eigenvalue weighted by Gasteiger charge is -2.18. The Kier molecular flexibility index (Phi) is 6.06. The van der Waals surface area contributed by atoms with Crippen molar-refractivity contribution in [2.45, 2.75) is 18.7 Å². The van der Waals surface area contributed by atoms with Gasteiger partial charge in [-0.15, -0.1) is 0 Å². The number of nitrogens with zero attached hydrogens (tertiary/aromatic N) is 2. The molecule has 0 aromatic heterocycles. The molecule has 0 heterocycles. The first-order valence-electron chi connectivity index (χ1n) is 7.95. The molecule has 26 heavy (non-hydrogen) atoms. The van der Waals surface area contributed by atoms with E-state index in [1.807, 2.05) is 0 Å². The molecule has 2 aromatic rings.